The number of hydrogen-bond donors (Lipinski definition) is 1. The number of para-hydroxylation sites is 1. The Balaban J connectivity index is 1.94. The van der Waals surface area contributed by atoms with Crippen LogP contribution in [0.15, 0.2) is 87.5 Å². The van der Waals surface area contributed by atoms with Crippen LogP contribution >= 0.6 is 23.5 Å². The topological polar surface area (TPSA) is 75.7 Å². The SMILES string of the molecule is CCOc1ccc(N(CC(=O)Nc2ccccc2SC)S(=O)(=O)c2ccc(SC)cc2)cc1. The smallest absolute Gasteiger partial charge is 0.264 e. The molecule has 1 amide bonds. The van der Waals surface area contributed by atoms with Crippen molar-refractivity contribution in [2.75, 3.05) is 35.3 Å². The maximum absolute atomic E-state index is 13.6. The second-order valence-electron chi connectivity index (χ2n) is 6.86. The summed E-state index contributed by atoms with van der Waals surface area (Å²) in [4.78, 5) is 14.9. The molecule has 3 rings (SSSR count). The number of hydrogen-bond acceptors (Lipinski definition) is 6. The summed E-state index contributed by atoms with van der Waals surface area (Å²) >= 11 is 3.03. The predicted molar refractivity (Wildman–Crippen MR) is 137 cm³/mol. The number of carbonyl (C=O) groups is 1. The first-order chi connectivity index (χ1) is 15.9. The summed E-state index contributed by atoms with van der Waals surface area (Å²) in [6.45, 7) is 2.00. The average molecular weight is 503 g/mol. The van der Waals surface area contributed by atoms with Crippen LogP contribution in [0.2, 0.25) is 0 Å². The fourth-order valence-electron chi connectivity index (χ4n) is 3.13. The number of sulfonamides is 1. The minimum atomic E-state index is -3.99. The summed E-state index contributed by atoms with van der Waals surface area (Å²) in [5.74, 6) is 0.191. The average Bonchev–Trinajstić information content (AvgIpc) is 2.83. The van der Waals surface area contributed by atoms with Crippen molar-refractivity contribution in [2.45, 2.75) is 21.6 Å². The molecule has 33 heavy (non-hydrogen) atoms. The molecule has 6 nitrogen and oxygen atoms in total. The zero-order valence-corrected chi connectivity index (χ0v) is 21.1. The zero-order chi connectivity index (χ0) is 23.8. The Morgan fingerprint density at radius 2 is 1.61 bits per heavy atom. The van der Waals surface area contributed by atoms with Crippen LogP contribution in [0, 0.1) is 0 Å². The Hall–Kier alpha value is -2.62. The molecule has 0 saturated heterocycles. The van der Waals surface area contributed by atoms with Gasteiger partial charge in [-0.1, -0.05) is 12.1 Å². The molecule has 3 aromatic carbocycles. The highest BCUT2D eigenvalue weighted by molar-refractivity contribution is 7.99. The van der Waals surface area contributed by atoms with Gasteiger partial charge in [0.25, 0.3) is 10.0 Å². The van der Waals surface area contributed by atoms with Gasteiger partial charge in [0.05, 0.1) is 22.9 Å². The van der Waals surface area contributed by atoms with Gasteiger partial charge >= 0.3 is 0 Å². The van der Waals surface area contributed by atoms with Crippen LogP contribution in [0.1, 0.15) is 6.92 Å². The maximum Gasteiger partial charge on any atom is 0.264 e. The molecule has 174 valence electrons. The number of thioether (sulfide) groups is 2. The van der Waals surface area contributed by atoms with Crippen molar-refractivity contribution in [3.05, 3.63) is 72.8 Å². The minimum Gasteiger partial charge on any atom is -0.494 e. The van der Waals surface area contributed by atoms with Crippen molar-refractivity contribution in [1.82, 2.24) is 0 Å². The van der Waals surface area contributed by atoms with Crippen molar-refractivity contribution in [1.29, 1.82) is 0 Å². The normalized spacial score (nSPS) is 11.1. The first-order valence-corrected chi connectivity index (χ1v) is 14.1. The van der Waals surface area contributed by atoms with Gasteiger partial charge in [0, 0.05) is 9.79 Å². The molecule has 0 atom stereocenters. The first kappa shape index (κ1) is 25.0. The molecule has 3 aromatic rings. The van der Waals surface area contributed by atoms with Crippen molar-refractivity contribution < 1.29 is 17.9 Å². The van der Waals surface area contributed by atoms with E-state index in [0.717, 1.165) is 14.1 Å². The molecule has 0 saturated carbocycles. The number of carbonyl (C=O) groups excluding carboxylic acids is 1. The molecule has 0 aromatic heterocycles. The highest BCUT2D eigenvalue weighted by Gasteiger charge is 2.27. The highest BCUT2D eigenvalue weighted by Crippen LogP contribution is 2.28. The Morgan fingerprint density at radius 3 is 2.21 bits per heavy atom. The number of nitrogens with zero attached hydrogens (tertiary/aromatic N) is 1. The van der Waals surface area contributed by atoms with Crippen molar-refractivity contribution in [3.63, 3.8) is 0 Å². The summed E-state index contributed by atoms with van der Waals surface area (Å²) in [6.07, 6.45) is 3.84. The summed E-state index contributed by atoms with van der Waals surface area (Å²) in [7, 11) is -3.99. The van der Waals surface area contributed by atoms with Gasteiger partial charge in [-0.2, -0.15) is 0 Å². The lowest BCUT2D eigenvalue weighted by Gasteiger charge is -2.24. The summed E-state index contributed by atoms with van der Waals surface area (Å²) < 4.78 is 33.7. The van der Waals surface area contributed by atoms with Gasteiger partial charge in [-0.3, -0.25) is 9.10 Å². The van der Waals surface area contributed by atoms with Crippen molar-refractivity contribution >= 4 is 50.8 Å². The van der Waals surface area contributed by atoms with E-state index in [4.69, 9.17) is 4.74 Å². The summed E-state index contributed by atoms with van der Waals surface area (Å²) in [5, 5.41) is 2.84. The van der Waals surface area contributed by atoms with Crippen LogP contribution in [-0.4, -0.2) is 40.0 Å². The quantitative estimate of drug-likeness (QED) is 0.376. The molecular formula is C24H26N2O4S3. The Labute approximate surface area is 203 Å². The Bertz CT molecular complexity index is 1180. The van der Waals surface area contributed by atoms with Gasteiger partial charge in [-0.15, -0.1) is 23.5 Å². The number of amides is 1. The molecule has 0 aliphatic heterocycles. The maximum atomic E-state index is 13.6. The molecule has 0 aliphatic rings. The molecule has 0 aliphatic carbocycles. The number of rotatable bonds is 10. The third kappa shape index (κ3) is 6.25. The predicted octanol–water partition coefficient (Wildman–Crippen LogP) is 5.36. The monoisotopic (exact) mass is 502 g/mol. The van der Waals surface area contributed by atoms with E-state index < -0.39 is 15.9 Å². The van der Waals surface area contributed by atoms with Crippen molar-refractivity contribution in [3.8, 4) is 5.75 Å². The van der Waals surface area contributed by atoms with Gasteiger partial charge in [0.15, 0.2) is 0 Å². The van der Waals surface area contributed by atoms with E-state index in [-0.39, 0.29) is 11.4 Å². The first-order valence-electron chi connectivity index (χ1n) is 10.2. The molecular weight excluding hydrogens is 476 g/mol. The summed E-state index contributed by atoms with van der Waals surface area (Å²) in [6, 6.07) is 20.7. The minimum absolute atomic E-state index is 0.117. The molecule has 0 spiro atoms. The standard InChI is InChI=1S/C24H26N2O4S3/c1-4-30-19-11-9-18(10-12-19)26(33(28,29)21-15-13-20(31-2)14-16-21)17-24(27)25-22-7-5-6-8-23(22)32-3/h5-16H,4,17H2,1-3H3,(H,25,27). The van der Waals surface area contributed by atoms with Gasteiger partial charge in [-0.05, 0) is 80.1 Å². The van der Waals surface area contributed by atoms with Crippen LogP contribution < -0.4 is 14.4 Å². The number of ether oxygens (including phenoxy) is 1. The van der Waals surface area contributed by atoms with Crippen LogP contribution in [0.4, 0.5) is 11.4 Å². The third-order valence-electron chi connectivity index (χ3n) is 4.75. The molecule has 0 unspecified atom stereocenters. The molecule has 1 N–H and O–H groups in total. The van der Waals surface area contributed by atoms with E-state index in [1.165, 1.54) is 23.5 Å². The Morgan fingerprint density at radius 1 is 0.939 bits per heavy atom. The summed E-state index contributed by atoms with van der Waals surface area (Å²) in [5.41, 5.74) is 1.02. The lowest BCUT2D eigenvalue weighted by molar-refractivity contribution is -0.114. The molecule has 0 fully saturated rings. The lowest BCUT2D eigenvalue weighted by atomic mass is 10.3. The molecule has 0 radical (unpaired) electrons. The van der Waals surface area contributed by atoms with Gasteiger partial charge in [0.2, 0.25) is 5.91 Å². The van der Waals surface area contributed by atoms with Crippen LogP contribution in [-0.2, 0) is 14.8 Å². The van der Waals surface area contributed by atoms with Crippen LogP contribution in [0.25, 0.3) is 0 Å². The number of anilines is 2. The van der Waals surface area contributed by atoms with E-state index in [1.54, 1.807) is 54.6 Å². The molecule has 0 heterocycles. The fourth-order valence-corrected chi connectivity index (χ4v) is 5.52. The van der Waals surface area contributed by atoms with Gasteiger partial charge in [0.1, 0.15) is 12.3 Å². The van der Waals surface area contributed by atoms with E-state index >= 15 is 0 Å². The zero-order valence-electron chi connectivity index (χ0n) is 18.6. The van der Waals surface area contributed by atoms with Crippen LogP contribution in [0.3, 0.4) is 0 Å². The third-order valence-corrected chi connectivity index (χ3v) is 8.08. The number of benzene rings is 3. The van der Waals surface area contributed by atoms with Gasteiger partial charge in [-0.25, -0.2) is 8.42 Å². The second kappa shape index (κ2) is 11.5. The van der Waals surface area contributed by atoms with Crippen LogP contribution in [0.5, 0.6) is 5.75 Å². The fraction of sp³-hybridized carbons (Fsp3) is 0.208. The van der Waals surface area contributed by atoms with E-state index in [9.17, 15) is 13.2 Å². The number of nitrogens with one attached hydrogen (secondary N) is 1. The van der Waals surface area contributed by atoms with Crippen molar-refractivity contribution in [2.24, 2.45) is 0 Å². The van der Waals surface area contributed by atoms with Gasteiger partial charge < -0.3 is 10.1 Å². The molecule has 0 bridgehead atoms. The van der Waals surface area contributed by atoms with E-state index in [2.05, 4.69) is 5.32 Å². The van der Waals surface area contributed by atoms with E-state index in [0.29, 0.717) is 23.7 Å². The second-order valence-corrected chi connectivity index (χ2v) is 10.5. The largest absolute Gasteiger partial charge is 0.494 e. The molecule has 9 heteroatoms. The lowest BCUT2D eigenvalue weighted by Crippen LogP contribution is -2.38. The highest BCUT2D eigenvalue weighted by atomic mass is 32.2. The Kier molecular flexibility index (Phi) is 8.71. The van der Waals surface area contributed by atoms with E-state index in [1.807, 2.05) is 37.6 Å².